The lowest BCUT2D eigenvalue weighted by Crippen LogP contribution is -2.42. The van der Waals surface area contributed by atoms with Crippen LogP contribution in [-0.2, 0) is 4.74 Å². The van der Waals surface area contributed by atoms with Crippen LogP contribution in [0.2, 0.25) is 0 Å². The van der Waals surface area contributed by atoms with Crippen molar-refractivity contribution >= 4 is 5.96 Å². The molecule has 0 amide bonds. The van der Waals surface area contributed by atoms with E-state index in [1.165, 1.54) is 0 Å². The topological polar surface area (TPSA) is 69.1 Å². The van der Waals surface area contributed by atoms with Gasteiger partial charge in [-0.15, -0.1) is 0 Å². The predicted molar refractivity (Wildman–Crippen MR) is 105 cm³/mol. The van der Waals surface area contributed by atoms with E-state index in [2.05, 4.69) is 50.2 Å². The van der Waals surface area contributed by atoms with Crippen molar-refractivity contribution in [3.8, 4) is 0 Å². The molecular weight excluding hydrogens is 316 g/mol. The van der Waals surface area contributed by atoms with Crippen LogP contribution in [-0.4, -0.2) is 74.0 Å². The zero-order valence-electron chi connectivity index (χ0n) is 17.0. The third-order valence-corrected chi connectivity index (χ3v) is 4.96. The minimum Gasteiger partial charge on any atom is -0.396 e. The second-order valence-electron chi connectivity index (χ2n) is 7.68. The van der Waals surface area contributed by atoms with Crippen molar-refractivity contribution in [2.75, 3.05) is 46.0 Å². The first kappa shape index (κ1) is 22.2. The zero-order valence-corrected chi connectivity index (χ0v) is 17.0. The molecule has 0 saturated carbocycles. The molecule has 1 atom stereocenters. The number of ether oxygens (including phenoxy) is 1. The van der Waals surface area contributed by atoms with Gasteiger partial charge in [0.2, 0.25) is 0 Å². The fraction of sp³-hybridized carbons (Fsp3) is 0.947. The molecule has 0 radical (unpaired) electrons. The summed E-state index contributed by atoms with van der Waals surface area (Å²) in [5.74, 6) is 0.868. The Labute approximate surface area is 154 Å². The van der Waals surface area contributed by atoms with E-state index in [9.17, 15) is 5.11 Å². The normalized spacial score (nSPS) is 21.6. The molecule has 3 N–H and O–H groups in total. The van der Waals surface area contributed by atoms with E-state index in [0.29, 0.717) is 25.2 Å². The highest BCUT2D eigenvalue weighted by atomic mass is 16.5. The highest BCUT2D eigenvalue weighted by Gasteiger charge is 2.34. The Morgan fingerprint density at radius 2 is 1.96 bits per heavy atom. The average Bonchev–Trinajstić information content (AvgIpc) is 3.00. The van der Waals surface area contributed by atoms with Gasteiger partial charge in [-0.25, -0.2) is 0 Å². The monoisotopic (exact) mass is 356 g/mol. The second-order valence-corrected chi connectivity index (χ2v) is 7.68. The molecule has 1 fully saturated rings. The van der Waals surface area contributed by atoms with Crippen LogP contribution < -0.4 is 10.6 Å². The van der Waals surface area contributed by atoms with E-state index in [1.54, 1.807) is 0 Å². The smallest absolute Gasteiger partial charge is 0.191 e. The van der Waals surface area contributed by atoms with Crippen LogP contribution in [0.1, 0.15) is 53.9 Å². The first-order chi connectivity index (χ1) is 11.9. The van der Waals surface area contributed by atoms with E-state index >= 15 is 0 Å². The Hall–Kier alpha value is -0.850. The van der Waals surface area contributed by atoms with Crippen LogP contribution in [0.4, 0.5) is 0 Å². The molecule has 1 aliphatic heterocycles. The number of aliphatic hydroxyl groups is 1. The van der Waals surface area contributed by atoms with Gasteiger partial charge in [-0.05, 0) is 53.9 Å². The standard InChI is InChI=1S/C19H40N4O2/c1-6-20-18(21-10-7-11-23(16(2)3)17(4)5)22-14-19(8-12-24)9-13-25-15-19/h16-17,24H,6-15H2,1-5H3,(H2,20,21,22). The quantitative estimate of drug-likeness (QED) is 0.299. The van der Waals surface area contributed by atoms with Crippen LogP contribution in [0.5, 0.6) is 0 Å². The molecule has 148 valence electrons. The van der Waals surface area contributed by atoms with Gasteiger partial charge in [0.05, 0.1) is 13.2 Å². The minimum absolute atomic E-state index is 0.00316. The predicted octanol–water partition coefficient (Wildman–Crippen LogP) is 1.84. The number of rotatable bonds is 11. The summed E-state index contributed by atoms with van der Waals surface area (Å²) < 4.78 is 5.55. The van der Waals surface area contributed by atoms with Gasteiger partial charge in [-0.2, -0.15) is 0 Å². The Balaban J connectivity index is 2.47. The van der Waals surface area contributed by atoms with Crippen molar-refractivity contribution in [1.29, 1.82) is 0 Å². The van der Waals surface area contributed by atoms with Crippen molar-refractivity contribution in [3.63, 3.8) is 0 Å². The van der Waals surface area contributed by atoms with Crippen molar-refractivity contribution in [2.24, 2.45) is 10.4 Å². The molecule has 0 aromatic rings. The summed E-state index contributed by atoms with van der Waals surface area (Å²) in [6, 6.07) is 1.14. The molecule has 1 aliphatic rings. The largest absolute Gasteiger partial charge is 0.396 e. The molecule has 6 heteroatoms. The third kappa shape index (κ3) is 7.92. The van der Waals surface area contributed by atoms with Crippen LogP contribution in [0.15, 0.2) is 4.99 Å². The number of aliphatic hydroxyl groups excluding tert-OH is 1. The minimum atomic E-state index is 0.00316. The van der Waals surface area contributed by atoms with Crippen molar-refractivity contribution < 1.29 is 9.84 Å². The summed E-state index contributed by atoms with van der Waals surface area (Å²) in [4.78, 5) is 7.27. The molecule has 6 nitrogen and oxygen atoms in total. The fourth-order valence-corrected chi connectivity index (χ4v) is 3.46. The molecule has 0 spiro atoms. The SMILES string of the molecule is CCNC(=NCC1(CCO)CCOC1)NCCCN(C(C)C)C(C)C. The Morgan fingerprint density at radius 1 is 1.24 bits per heavy atom. The number of hydrogen-bond donors (Lipinski definition) is 3. The molecule has 0 aromatic carbocycles. The van der Waals surface area contributed by atoms with Crippen molar-refractivity contribution in [1.82, 2.24) is 15.5 Å². The molecule has 25 heavy (non-hydrogen) atoms. The highest BCUT2D eigenvalue weighted by Crippen LogP contribution is 2.32. The maximum atomic E-state index is 9.34. The molecular formula is C19H40N4O2. The number of nitrogens with zero attached hydrogens (tertiary/aromatic N) is 2. The molecule has 0 aliphatic carbocycles. The van der Waals surface area contributed by atoms with Gasteiger partial charge in [-0.1, -0.05) is 0 Å². The van der Waals surface area contributed by atoms with E-state index in [0.717, 1.165) is 51.5 Å². The first-order valence-corrected chi connectivity index (χ1v) is 9.90. The van der Waals surface area contributed by atoms with E-state index < -0.39 is 0 Å². The summed E-state index contributed by atoms with van der Waals surface area (Å²) in [5.41, 5.74) is 0.00316. The molecule has 0 aromatic heterocycles. The summed E-state index contributed by atoms with van der Waals surface area (Å²) >= 11 is 0. The van der Waals surface area contributed by atoms with Crippen molar-refractivity contribution in [3.05, 3.63) is 0 Å². The highest BCUT2D eigenvalue weighted by molar-refractivity contribution is 5.79. The lowest BCUT2D eigenvalue weighted by atomic mass is 9.84. The van der Waals surface area contributed by atoms with E-state index in [4.69, 9.17) is 9.73 Å². The summed E-state index contributed by atoms with van der Waals surface area (Å²) in [6.07, 6.45) is 2.83. The fourth-order valence-electron chi connectivity index (χ4n) is 3.46. The number of aliphatic imine (C=N–C) groups is 1. The number of hydrogen-bond acceptors (Lipinski definition) is 4. The van der Waals surface area contributed by atoms with Crippen molar-refractivity contribution in [2.45, 2.75) is 66.0 Å². The maximum Gasteiger partial charge on any atom is 0.191 e. The molecule has 1 saturated heterocycles. The zero-order chi connectivity index (χ0) is 18.7. The van der Waals surface area contributed by atoms with Gasteiger partial charge >= 0.3 is 0 Å². The maximum absolute atomic E-state index is 9.34. The summed E-state index contributed by atoms with van der Waals surface area (Å²) in [5, 5.41) is 16.1. The van der Waals surface area contributed by atoms with Gasteiger partial charge in [-0.3, -0.25) is 9.89 Å². The Kier molecular flexibility index (Phi) is 10.4. The van der Waals surface area contributed by atoms with E-state index in [-0.39, 0.29) is 12.0 Å². The summed E-state index contributed by atoms with van der Waals surface area (Å²) in [7, 11) is 0. The van der Waals surface area contributed by atoms with Gasteiger partial charge in [0.15, 0.2) is 5.96 Å². The first-order valence-electron chi connectivity index (χ1n) is 9.90. The molecule has 1 rings (SSSR count). The molecule has 1 unspecified atom stereocenters. The van der Waals surface area contributed by atoms with E-state index in [1.807, 2.05) is 0 Å². The lowest BCUT2D eigenvalue weighted by Gasteiger charge is -2.30. The number of guanidine groups is 1. The Bertz CT molecular complexity index is 372. The van der Waals surface area contributed by atoms with Crippen LogP contribution in [0, 0.1) is 5.41 Å². The molecule has 0 bridgehead atoms. The second kappa shape index (κ2) is 11.7. The van der Waals surface area contributed by atoms with Gasteiger partial charge in [0.1, 0.15) is 0 Å². The number of nitrogens with one attached hydrogen (secondary N) is 2. The van der Waals surface area contributed by atoms with Crippen LogP contribution in [0.3, 0.4) is 0 Å². The summed E-state index contributed by atoms with van der Waals surface area (Å²) in [6.45, 7) is 16.3. The van der Waals surface area contributed by atoms with Crippen LogP contribution >= 0.6 is 0 Å². The lowest BCUT2D eigenvalue weighted by molar-refractivity contribution is 0.131. The van der Waals surface area contributed by atoms with Gasteiger partial charge in [0.25, 0.3) is 0 Å². The Morgan fingerprint density at radius 3 is 2.48 bits per heavy atom. The third-order valence-electron chi connectivity index (χ3n) is 4.96. The van der Waals surface area contributed by atoms with Gasteiger partial charge in [0, 0.05) is 50.3 Å². The van der Waals surface area contributed by atoms with Crippen LogP contribution in [0.25, 0.3) is 0 Å². The molecule has 1 heterocycles. The average molecular weight is 357 g/mol. The van der Waals surface area contributed by atoms with Gasteiger partial charge < -0.3 is 20.5 Å².